The Bertz CT molecular complexity index is 368. The molecule has 0 amide bonds. The summed E-state index contributed by atoms with van der Waals surface area (Å²) in [5.41, 5.74) is -0.356. The lowest BCUT2D eigenvalue weighted by atomic mass is 10.2. The molecule has 17 heavy (non-hydrogen) atoms. The number of nitrogens with one attached hydrogen (secondary N) is 1. The van der Waals surface area contributed by atoms with Crippen LogP contribution in [0.4, 0.5) is 18.9 Å². The number of hydrogen-bond acceptors (Lipinski definition) is 2. The SMILES string of the molecule is CCSCCNc1ccc(Cl)c(C(F)(F)F)c1. The van der Waals surface area contributed by atoms with E-state index in [1.165, 1.54) is 6.07 Å². The predicted molar refractivity (Wildman–Crippen MR) is 67.9 cm³/mol. The van der Waals surface area contributed by atoms with Crippen LogP contribution in [0.1, 0.15) is 12.5 Å². The molecule has 0 saturated carbocycles. The van der Waals surface area contributed by atoms with Crippen molar-refractivity contribution in [3.8, 4) is 0 Å². The first kappa shape index (κ1) is 14.5. The molecule has 0 heterocycles. The minimum absolute atomic E-state index is 0.272. The van der Waals surface area contributed by atoms with Crippen LogP contribution in [0.3, 0.4) is 0 Å². The van der Waals surface area contributed by atoms with E-state index >= 15 is 0 Å². The molecular formula is C11H13ClF3NS. The van der Waals surface area contributed by atoms with Gasteiger partial charge in [-0.15, -0.1) is 0 Å². The number of rotatable bonds is 5. The largest absolute Gasteiger partial charge is 0.417 e. The Morgan fingerprint density at radius 2 is 2.06 bits per heavy atom. The normalized spacial score (nSPS) is 11.6. The maximum absolute atomic E-state index is 12.6. The first-order valence-corrected chi connectivity index (χ1v) is 6.66. The summed E-state index contributed by atoms with van der Waals surface area (Å²) in [6.07, 6.45) is -4.41. The number of thioether (sulfide) groups is 1. The predicted octanol–water partition coefficient (Wildman–Crippen LogP) is 4.52. The van der Waals surface area contributed by atoms with Gasteiger partial charge in [0, 0.05) is 18.0 Å². The summed E-state index contributed by atoms with van der Waals surface area (Å²) in [4.78, 5) is 0. The number of hydrogen-bond donors (Lipinski definition) is 1. The molecule has 1 nitrogen and oxygen atoms in total. The van der Waals surface area contributed by atoms with Crippen molar-refractivity contribution in [3.05, 3.63) is 28.8 Å². The zero-order valence-electron chi connectivity index (χ0n) is 9.27. The molecule has 0 aromatic heterocycles. The van der Waals surface area contributed by atoms with E-state index in [0.717, 1.165) is 17.6 Å². The van der Waals surface area contributed by atoms with E-state index in [0.29, 0.717) is 12.2 Å². The fourth-order valence-electron chi connectivity index (χ4n) is 1.26. The second-order valence-corrected chi connectivity index (χ2v) is 5.12. The molecule has 96 valence electrons. The quantitative estimate of drug-likeness (QED) is 0.797. The van der Waals surface area contributed by atoms with Gasteiger partial charge < -0.3 is 5.32 Å². The van der Waals surface area contributed by atoms with Gasteiger partial charge in [-0.1, -0.05) is 18.5 Å². The molecular weight excluding hydrogens is 271 g/mol. The Morgan fingerprint density at radius 3 is 2.65 bits per heavy atom. The summed E-state index contributed by atoms with van der Waals surface area (Å²) >= 11 is 7.24. The Morgan fingerprint density at radius 1 is 1.35 bits per heavy atom. The summed E-state index contributed by atoms with van der Waals surface area (Å²) < 4.78 is 37.7. The summed E-state index contributed by atoms with van der Waals surface area (Å²) in [5.74, 6) is 1.86. The first-order chi connectivity index (χ1) is 7.95. The van der Waals surface area contributed by atoms with E-state index in [-0.39, 0.29) is 5.02 Å². The van der Waals surface area contributed by atoms with Gasteiger partial charge in [0.2, 0.25) is 0 Å². The lowest BCUT2D eigenvalue weighted by Gasteiger charge is -2.12. The van der Waals surface area contributed by atoms with Crippen molar-refractivity contribution in [1.82, 2.24) is 0 Å². The van der Waals surface area contributed by atoms with Crippen LogP contribution in [-0.4, -0.2) is 18.1 Å². The topological polar surface area (TPSA) is 12.0 Å². The van der Waals surface area contributed by atoms with Crippen molar-refractivity contribution in [2.45, 2.75) is 13.1 Å². The average Bonchev–Trinajstić information content (AvgIpc) is 2.25. The number of benzene rings is 1. The van der Waals surface area contributed by atoms with E-state index in [1.54, 1.807) is 17.8 Å². The molecule has 1 N–H and O–H groups in total. The molecule has 1 rings (SSSR count). The fourth-order valence-corrected chi connectivity index (χ4v) is 2.02. The molecule has 1 aromatic rings. The molecule has 0 atom stereocenters. The van der Waals surface area contributed by atoms with Gasteiger partial charge in [0.25, 0.3) is 0 Å². The van der Waals surface area contributed by atoms with Crippen molar-refractivity contribution in [2.24, 2.45) is 0 Å². The molecule has 0 aliphatic heterocycles. The minimum atomic E-state index is -4.41. The molecule has 0 radical (unpaired) electrons. The van der Waals surface area contributed by atoms with Crippen molar-refractivity contribution >= 4 is 29.1 Å². The van der Waals surface area contributed by atoms with Crippen molar-refractivity contribution in [2.75, 3.05) is 23.4 Å². The van der Waals surface area contributed by atoms with Gasteiger partial charge in [-0.05, 0) is 24.0 Å². The zero-order valence-corrected chi connectivity index (χ0v) is 10.8. The third-order valence-electron chi connectivity index (χ3n) is 2.05. The Kier molecular flexibility index (Phi) is 5.46. The molecule has 1 aromatic carbocycles. The Balaban J connectivity index is 2.69. The number of alkyl halides is 3. The van der Waals surface area contributed by atoms with Crippen LogP contribution >= 0.6 is 23.4 Å². The van der Waals surface area contributed by atoms with Crippen LogP contribution < -0.4 is 5.32 Å². The number of halogens is 4. The Labute approximate surface area is 108 Å². The van der Waals surface area contributed by atoms with E-state index in [4.69, 9.17) is 11.6 Å². The summed E-state index contributed by atoms with van der Waals surface area (Å²) in [5, 5.41) is 2.67. The van der Waals surface area contributed by atoms with Crippen LogP contribution in [0.2, 0.25) is 5.02 Å². The minimum Gasteiger partial charge on any atom is -0.384 e. The molecule has 6 heteroatoms. The van der Waals surface area contributed by atoms with E-state index < -0.39 is 11.7 Å². The van der Waals surface area contributed by atoms with Crippen LogP contribution in [-0.2, 0) is 6.18 Å². The van der Waals surface area contributed by atoms with Crippen LogP contribution in [0.15, 0.2) is 18.2 Å². The molecule has 0 unspecified atom stereocenters. The molecule has 0 fully saturated rings. The third kappa shape index (κ3) is 4.68. The van der Waals surface area contributed by atoms with E-state index in [9.17, 15) is 13.2 Å². The van der Waals surface area contributed by atoms with Gasteiger partial charge in [-0.3, -0.25) is 0 Å². The second-order valence-electron chi connectivity index (χ2n) is 3.32. The standard InChI is InChI=1S/C11H13ClF3NS/c1-2-17-6-5-16-8-3-4-10(12)9(7-8)11(13,14)15/h3-4,7,16H,2,5-6H2,1H3. The summed E-state index contributed by atoms with van der Waals surface area (Å²) in [7, 11) is 0. The molecule has 0 bridgehead atoms. The number of anilines is 1. The van der Waals surface area contributed by atoms with Gasteiger partial charge in [0.15, 0.2) is 0 Å². The van der Waals surface area contributed by atoms with Gasteiger partial charge in [0.05, 0.1) is 10.6 Å². The highest BCUT2D eigenvalue weighted by atomic mass is 35.5. The van der Waals surface area contributed by atoms with E-state index in [1.807, 2.05) is 6.92 Å². The monoisotopic (exact) mass is 283 g/mol. The highest BCUT2D eigenvalue weighted by molar-refractivity contribution is 7.99. The molecule has 0 saturated heterocycles. The van der Waals surface area contributed by atoms with Gasteiger partial charge in [0.1, 0.15) is 0 Å². The lowest BCUT2D eigenvalue weighted by Crippen LogP contribution is -2.09. The van der Waals surface area contributed by atoms with Crippen molar-refractivity contribution in [1.29, 1.82) is 0 Å². The van der Waals surface area contributed by atoms with Crippen molar-refractivity contribution < 1.29 is 13.2 Å². The van der Waals surface area contributed by atoms with Gasteiger partial charge in [-0.2, -0.15) is 24.9 Å². The first-order valence-electron chi connectivity index (χ1n) is 5.13. The van der Waals surface area contributed by atoms with Crippen LogP contribution in [0, 0.1) is 0 Å². The van der Waals surface area contributed by atoms with E-state index in [2.05, 4.69) is 5.32 Å². The fraction of sp³-hybridized carbons (Fsp3) is 0.455. The zero-order chi connectivity index (χ0) is 12.9. The van der Waals surface area contributed by atoms with Crippen LogP contribution in [0.5, 0.6) is 0 Å². The molecule has 0 aliphatic carbocycles. The lowest BCUT2D eigenvalue weighted by molar-refractivity contribution is -0.137. The van der Waals surface area contributed by atoms with Crippen molar-refractivity contribution in [3.63, 3.8) is 0 Å². The summed E-state index contributed by atoms with van der Waals surface area (Å²) in [6, 6.07) is 3.85. The smallest absolute Gasteiger partial charge is 0.384 e. The molecule has 0 aliphatic rings. The van der Waals surface area contributed by atoms with Gasteiger partial charge >= 0.3 is 6.18 Å². The summed E-state index contributed by atoms with van der Waals surface area (Å²) in [6.45, 7) is 2.67. The molecule has 0 spiro atoms. The third-order valence-corrected chi connectivity index (χ3v) is 3.28. The average molecular weight is 284 g/mol. The maximum Gasteiger partial charge on any atom is 0.417 e. The maximum atomic E-state index is 12.6. The Hall–Kier alpha value is -0.550. The highest BCUT2D eigenvalue weighted by Crippen LogP contribution is 2.36. The van der Waals surface area contributed by atoms with Gasteiger partial charge in [-0.25, -0.2) is 0 Å². The van der Waals surface area contributed by atoms with Crippen LogP contribution in [0.25, 0.3) is 0 Å². The second kappa shape index (κ2) is 6.40. The highest BCUT2D eigenvalue weighted by Gasteiger charge is 2.33.